The summed E-state index contributed by atoms with van der Waals surface area (Å²) in [6.45, 7) is 0. The summed E-state index contributed by atoms with van der Waals surface area (Å²) in [5, 5.41) is 30.2. The highest BCUT2D eigenvalue weighted by Gasteiger charge is 2.08. The van der Waals surface area contributed by atoms with E-state index in [0.717, 1.165) is 6.34 Å². The molecule has 6 heteroatoms. The molecule has 6 nitrogen and oxygen atoms in total. The van der Waals surface area contributed by atoms with Crippen LogP contribution in [0.15, 0.2) is 21.6 Å². The molecule has 1 aliphatic rings. The van der Waals surface area contributed by atoms with Crippen LogP contribution in [0.5, 0.6) is 0 Å². The standard InChI is InChI=1S/C5H4N2O4/c8-4(9)2-3(5(10)11)7-1-6-2/h1,8-9H,(H,10,11)/p-3. The van der Waals surface area contributed by atoms with Gasteiger partial charge in [-0.25, -0.2) is 9.98 Å². The molecule has 0 fully saturated rings. The van der Waals surface area contributed by atoms with Crippen LogP contribution in [0.1, 0.15) is 0 Å². The lowest BCUT2D eigenvalue weighted by Gasteiger charge is -2.20. The molecule has 0 aromatic rings. The Morgan fingerprint density at radius 2 is 2.00 bits per heavy atom. The van der Waals surface area contributed by atoms with E-state index >= 15 is 0 Å². The van der Waals surface area contributed by atoms with Crippen molar-refractivity contribution >= 4 is 18.0 Å². The first-order valence-electron chi connectivity index (χ1n) is 2.53. The summed E-state index contributed by atoms with van der Waals surface area (Å²) < 4.78 is 0. The lowest BCUT2D eigenvalue weighted by Crippen LogP contribution is -2.34. The van der Waals surface area contributed by atoms with Crippen molar-refractivity contribution < 1.29 is 20.1 Å². The maximum atomic E-state index is 10.1. The van der Waals surface area contributed by atoms with E-state index in [9.17, 15) is 20.1 Å². The quantitative estimate of drug-likeness (QED) is 0.358. The number of aliphatic imine (C=N–C) groups is 2. The van der Waals surface area contributed by atoms with E-state index in [4.69, 9.17) is 0 Å². The molecule has 0 N–H and O–H groups in total. The van der Waals surface area contributed by atoms with E-state index in [0.29, 0.717) is 0 Å². The van der Waals surface area contributed by atoms with Crippen LogP contribution in [-0.2, 0) is 4.79 Å². The molecule has 0 saturated heterocycles. The van der Waals surface area contributed by atoms with Crippen molar-refractivity contribution in [2.75, 3.05) is 0 Å². The van der Waals surface area contributed by atoms with Crippen LogP contribution in [0.3, 0.4) is 0 Å². The minimum atomic E-state index is -1.68. The van der Waals surface area contributed by atoms with E-state index in [-0.39, 0.29) is 0 Å². The molecular weight excluding hydrogens is 152 g/mol. The number of hydrogen-bond donors (Lipinski definition) is 0. The molecule has 1 aliphatic heterocycles. The Morgan fingerprint density at radius 1 is 1.36 bits per heavy atom. The number of carboxylic acids is 1. The molecule has 0 saturated carbocycles. The maximum Gasteiger partial charge on any atom is 0.116 e. The number of carbonyl (C=O) groups is 1. The summed E-state index contributed by atoms with van der Waals surface area (Å²) in [7, 11) is 0. The van der Waals surface area contributed by atoms with Crippen LogP contribution < -0.4 is 15.3 Å². The summed E-state index contributed by atoms with van der Waals surface area (Å²) >= 11 is 0. The number of nitrogens with zero attached hydrogens (tertiary/aromatic N) is 2. The Hall–Kier alpha value is -1.85. The number of carbonyl (C=O) groups excluding carboxylic acids is 1. The molecule has 0 aromatic carbocycles. The van der Waals surface area contributed by atoms with Crippen LogP contribution in [0.4, 0.5) is 0 Å². The third kappa shape index (κ3) is 1.18. The highest BCUT2D eigenvalue weighted by Crippen LogP contribution is 2.05. The number of hydrogen-bond acceptors (Lipinski definition) is 6. The zero-order valence-corrected chi connectivity index (χ0v) is 5.10. The Balaban J connectivity index is 3.05. The Labute approximate surface area is 60.8 Å². The number of carboxylic acid groups (broad SMARTS) is 1. The van der Waals surface area contributed by atoms with Gasteiger partial charge in [0.2, 0.25) is 0 Å². The van der Waals surface area contributed by atoms with Gasteiger partial charge in [-0.1, -0.05) is 0 Å². The molecule has 0 unspecified atom stereocenters. The first-order valence-corrected chi connectivity index (χ1v) is 2.53. The molecule has 0 amide bonds. The average molecular weight is 153 g/mol. The second-order valence-electron chi connectivity index (χ2n) is 1.65. The molecule has 0 atom stereocenters. The van der Waals surface area contributed by atoms with E-state index in [1.165, 1.54) is 0 Å². The number of rotatable bonds is 1. The second kappa shape index (κ2) is 2.41. The fourth-order valence-corrected chi connectivity index (χ4v) is 0.565. The molecule has 0 spiro atoms. The van der Waals surface area contributed by atoms with Gasteiger partial charge in [-0.3, -0.25) is 0 Å². The normalized spacial score (nSPS) is 14.9. The lowest BCUT2D eigenvalue weighted by molar-refractivity contribution is -0.514. The van der Waals surface area contributed by atoms with Gasteiger partial charge in [0.25, 0.3) is 0 Å². The molecule has 0 radical (unpaired) electrons. The van der Waals surface area contributed by atoms with Gasteiger partial charge in [0.15, 0.2) is 0 Å². The highest BCUT2D eigenvalue weighted by molar-refractivity contribution is 6.44. The third-order valence-electron chi connectivity index (χ3n) is 0.985. The molecule has 11 heavy (non-hydrogen) atoms. The van der Waals surface area contributed by atoms with E-state index in [1.807, 2.05) is 0 Å². The predicted molar refractivity (Wildman–Crippen MR) is 28.0 cm³/mol. The third-order valence-corrected chi connectivity index (χ3v) is 0.985. The monoisotopic (exact) mass is 153 g/mol. The van der Waals surface area contributed by atoms with E-state index in [1.54, 1.807) is 0 Å². The first-order chi connectivity index (χ1) is 5.13. The smallest absolute Gasteiger partial charge is 0.116 e. The van der Waals surface area contributed by atoms with Gasteiger partial charge in [0.05, 0.1) is 11.7 Å². The van der Waals surface area contributed by atoms with Crippen LogP contribution in [0, 0.1) is 0 Å². The average Bonchev–Trinajstić information content (AvgIpc) is 2.32. The summed E-state index contributed by atoms with van der Waals surface area (Å²) in [5.74, 6) is -3.36. The summed E-state index contributed by atoms with van der Waals surface area (Å²) in [6.07, 6.45) is 0.816. The maximum absolute atomic E-state index is 10.1. The number of aliphatic carboxylic acids is 1. The zero-order chi connectivity index (χ0) is 8.43. The van der Waals surface area contributed by atoms with Crippen molar-refractivity contribution in [3.63, 3.8) is 0 Å². The van der Waals surface area contributed by atoms with Crippen molar-refractivity contribution in [3.8, 4) is 0 Å². The fraction of sp³-hybridized carbons (Fsp3) is 0. The van der Waals surface area contributed by atoms with Crippen molar-refractivity contribution in [3.05, 3.63) is 11.6 Å². The first kappa shape index (κ1) is 7.26. The lowest BCUT2D eigenvalue weighted by atomic mass is 10.3. The molecule has 0 bridgehead atoms. The predicted octanol–water partition coefficient (Wildman–Crippen LogP) is -3.89. The second-order valence-corrected chi connectivity index (χ2v) is 1.65. The molecule has 0 aromatic heterocycles. The SMILES string of the molecule is O=C([O-])C1=NC=NC1=C([O-])[O-]. The van der Waals surface area contributed by atoms with Gasteiger partial charge in [0.1, 0.15) is 12.1 Å². The van der Waals surface area contributed by atoms with Crippen molar-refractivity contribution in [2.45, 2.75) is 0 Å². The van der Waals surface area contributed by atoms with Crippen molar-refractivity contribution in [1.29, 1.82) is 0 Å². The van der Waals surface area contributed by atoms with Gasteiger partial charge < -0.3 is 20.1 Å². The minimum Gasteiger partial charge on any atom is -0.882 e. The molecule has 0 aliphatic carbocycles. The van der Waals surface area contributed by atoms with Gasteiger partial charge in [0, 0.05) is 0 Å². The summed E-state index contributed by atoms with van der Waals surface area (Å²) in [4.78, 5) is 16.4. The summed E-state index contributed by atoms with van der Waals surface area (Å²) in [6, 6.07) is 0. The Morgan fingerprint density at radius 3 is 2.36 bits per heavy atom. The van der Waals surface area contributed by atoms with E-state index in [2.05, 4.69) is 9.98 Å². The Kier molecular flexibility index (Phi) is 1.59. The zero-order valence-electron chi connectivity index (χ0n) is 5.10. The van der Waals surface area contributed by atoms with Crippen LogP contribution in [0.25, 0.3) is 0 Å². The van der Waals surface area contributed by atoms with E-state index < -0.39 is 23.3 Å². The molecular formula is C5HN2O4-3. The fourth-order valence-electron chi connectivity index (χ4n) is 0.565. The van der Waals surface area contributed by atoms with Crippen molar-refractivity contribution in [2.24, 2.45) is 9.98 Å². The van der Waals surface area contributed by atoms with Gasteiger partial charge in [-0.2, -0.15) is 5.95 Å². The molecule has 58 valence electrons. The topological polar surface area (TPSA) is 111 Å². The highest BCUT2D eigenvalue weighted by atomic mass is 16.5. The van der Waals surface area contributed by atoms with Gasteiger partial charge >= 0.3 is 0 Å². The molecule has 1 heterocycles. The van der Waals surface area contributed by atoms with Crippen LogP contribution >= 0.6 is 0 Å². The molecule has 1 rings (SSSR count). The van der Waals surface area contributed by atoms with Crippen molar-refractivity contribution in [1.82, 2.24) is 0 Å². The van der Waals surface area contributed by atoms with Crippen LogP contribution in [0.2, 0.25) is 0 Å². The minimum absolute atomic E-state index is 0.704. The van der Waals surface area contributed by atoms with Crippen LogP contribution in [-0.4, -0.2) is 18.0 Å². The largest absolute Gasteiger partial charge is 0.882 e. The Bertz CT molecular complexity index is 285. The van der Waals surface area contributed by atoms with Gasteiger partial charge in [-0.05, 0) is 0 Å². The van der Waals surface area contributed by atoms with Gasteiger partial charge in [-0.15, -0.1) is 0 Å². The summed E-state index contributed by atoms with van der Waals surface area (Å²) in [5.41, 5.74) is -1.41.